The van der Waals surface area contributed by atoms with Crippen molar-refractivity contribution in [2.24, 2.45) is 17.3 Å². The lowest BCUT2D eigenvalue weighted by Crippen LogP contribution is -2.44. The first-order valence-electron chi connectivity index (χ1n) is 12.2. The summed E-state index contributed by atoms with van der Waals surface area (Å²) in [5, 5.41) is 13.2. The third-order valence-corrected chi connectivity index (χ3v) is 12.2. The molecular weight excluding hydrogens is 826 g/mol. The van der Waals surface area contributed by atoms with Crippen LogP contribution in [-0.4, -0.2) is 58.9 Å². The highest BCUT2D eigenvalue weighted by molar-refractivity contribution is 14.3. The van der Waals surface area contributed by atoms with E-state index in [1.807, 2.05) is 20.8 Å². The van der Waals surface area contributed by atoms with Gasteiger partial charge in [-0.25, -0.2) is 4.98 Å². The molecule has 17 heteroatoms. The van der Waals surface area contributed by atoms with Crippen molar-refractivity contribution in [2.45, 2.75) is 58.1 Å². The zero-order valence-electron chi connectivity index (χ0n) is 23.3. The second-order valence-electron chi connectivity index (χ2n) is 10.3. The predicted octanol–water partition coefficient (Wildman–Crippen LogP) is 7.02. The van der Waals surface area contributed by atoms with Gasteiger partial charge in [-0.15, -0.1) is 11.3 Å². The maximum atomic E-state index is 11.9. The molecule has 0 aliphatic carbocycles. The molecule has 9 nitrogen and oxygen atoms in total. The molecule has 1 aliphatic heterocycles. The molecule has 3 heterocycles. The van der Waals surface area contributed by atoms with Crippen LogP contribution in [0.15, 0.2) is 16.7 Å². The average Bonchev–Trinajstić information content (AvgIpc) is 3.38. The lowest BCUT2D eigenvalue weighted by molar-refractivity contribution is -0.174. The van der Waals surface area contributed by atoms with Crippen LogP contribution in [0, 0.1) is 28.6 Å². The molecule has 2 aromatic rings. The fourth-order valence-corrected chi connectivity index (χ4v) is 12.0. The Bertz CT molecular complexity index is 1220. The number of carbonyl (C=O) groups excluding carboxylic acids is 3. The van der Waals surface area contributed by atoms with Gasteiger partial charge in [-0.3, -0.25) is 19.4 Å². The van der Waals surface area contributed by atoms with Crippen LogP contribution in [0.1, 0.15) is 53.1 Å². The third-order valence-electron chi connectivity index (χ3n) is 5.57. The van der Waals surface area contributed by atoms with E-state index in [1.54, 1.807) is 29.1 Å². The molecule has 228 valence electrons. The molecule has 1 saturated heterocycles. The number of nitrogens with one attached hydrogen (secondary N) is 2. The molecule has 41 heavy (non-hydrogen) atoms. The van der Waals surface area contributed by atoms with Gasteiger partial charge < -0.3 is 15.5 Å². The number of rotatable bonds is 7. The van der Waals surface area contributed by atoms with Crippen molar-refractivity contribution in [1.82, 2.24) is 25.5 Å². The van der Waals surface area contributed by atoms with Gasteiger partial charge in [-0.1, -0.05) is 41.5 Å². The molecule has 2 aromatic heterocycles. The predicted molar refractivity (Wildman–Crippen MR) is 175 cm³/mol. The molecule has 0 radical (unpaired) electrons. The minimum Gasteiger partial charge on any atom is -0.340 e. The summed E-state index contributed by atoms with van der Waals surface area (Å²) in [4.78, 5) is 42.8. The van der Waals surface area contributed by atoms with Crippen LogP contribution >= 0.6 is 69.2 Å². The SMILES string of the molecule is CC(C)C.CC1CN(C(=O)CNC(=O)C(F)(F)F)CC1(C)C.N#CC(NC=O)c1cncc2nc(SP(I)I)sc12. The van der Waals surface area contributed by atoms with E-state index in [0.29, 0.717) is 25.1 Å². The number of likely N-dealkylation sites (tertiary alicyclic amines) is 1. The van der Waals surface area contributed by atoms with E-state index >= 15 is 0 Å². The first-order valence-corrected chi connectivity index (χ1v) is 21.3. The second-order valence-corrected chi connectivity index (χ2v) is 29.4. The summed E-state index contributed by atoms with van der Waals surface area (Å²) in [5.74, 6) is -1.45. The molecule has 3 rings (SSSR count). The van der Waals surface area contributed by atoms with Crippen LogP contribution in [0.4, 0.5) is 13.2 Å². The smallest absolute Gasteiger partial charge is 0.340 e. The Morgan fingerprint density at radius 1 is 1.34 bits per heavy atom. The number of hydrogen-bond donors (Lipinski definition) is 2. The van der Waals surface area contributed by atoms with Gasteiger partial charge in [0.2, 0.25) is 12.3 Å². The Kier molecular flexibility index (Phi) is 16.0. The van der Waals surface area contributed by atoms with Crippen molar-refractivity contribution in [1.29, 1.82) is 5.26 Å². The van der Waals surface area contributed by atoms with Crippen LogP contribution < -0.4 is 10.6 Å². The number of aromatic nitrogens is 2. The molecule has 0 saturated carbocycles. The van der Waals surface area contributed by atoms with Crippen molar-refractivity contribution in [3.8, 4) is 6.07 Å². The molecule has 2 unspecified atom stereocenters. The fourth-order valence-electron chi connectivity index (χ4n) is 3.27. The normalized spacial score (nSPS) is 16.7. The Morgan fingerprint density at radius 2 is 1.95 bits per heavy atom. The van der Waals surface area contributed by atoms with Crippen LogP contribution in [0.5, 0.6) is 0 Å². The minimum atomic E-state index is -4.95. The van der Waals surface area contributed by atoms with Gasteiger partial charge in [0.05, 0.1) is 25.9 Å². The summed E-state index contributed by atoms with van der Waals surface area (Å²) in [5.41, 5.74) is 1.41. The number of nitrogens with zero attached hydrogens (tertiary/aromatic N) is 4. The largest absolute Gasteiger partial charge is 0.471 e. The minimum absolute atomic E-state index is 0.0519. The number of hydrogen-bond acceptors (Lipinski definition) is 8. The first kappa shape index (κ1) is 38.0. The third kappa shape index (κ3) is 13.0. The van der Waals surface area contributed by atoms with Gasteiger partial charge in [0.25, 0.3) is 0 Å². The van der Waals surface area contributed by atoms with Crippen LogP contribution in [0.3, 0.4) is 0 Å². The number of amides is 3. The molecule has 2 atom stereocenters. The van der Waals surface area contributed by atoms with Crippen molar-refractivity contribution >= 4 is 97.6 Å². The maximum absolute atomic E-state index is 11.9. The molecule has 3 amide bonds. The summed E-state index contributed by atoms with van der Waals surface area (Å²) in [7, 11) is 0. The number of thiazole rings is 1. The van der Waals surface area contributed by atoms with E-state index in [4.69, 9.17) is 5.26 Å². The quantitative estimate of drug-likeness (QED) is 0.174. The Balaban J connectivity index is 0.000000363. The van der Waals surface area contributed by atoms with Gasteiger partial charge in [-0.05, 0) is 72.7 Å². The number of fused-ring (bicyclic) bond motifs is 1. The molecule has 2 N–H and O–H groups in total. The second kappa shape index (κ2) is 17.3. The average molecular weight is 858 g/mol. The molecule has 0 bridgehead atoms. The lowest BCUT2D eigenvalue weighted by Gasteiger charge is -2.22. The van der Waals surface area contributed by atoms with Crippen molar-refractivity contribution in [3.63, 3.8) is 0 Å². The molecule has 1 aliphatic rings. The van der Waals surface area contributed by atoms with Crippen molar-refractivity contribution < 1.29 is 27.6 Å². The van der Waals surface area contributed by atoms with E-state index in [9.17, 15) is 27.6 Å². The highest BCUT2D eigenvalue weighted by Crippen LogP contribution is 2.67. The van der Waals surface area contributed by atoms with E-state index in [0.717, 1.165) is 20.5 Å². The first-order chi connectivity index (χ1) is 18.9. The molecule has 0 aromatic carbocycles. The Hall–Kier alpha value is -1.03. The standard InChI is InChI=1S/C11H17F3N2O2.C9H5I2N4OPS2.C4H10/c1-7-5-16(6-10(7,2)3)8(17)4-15-9(18)11(12,13)14;10-17(11)19-9-15-7-3-13-2-5(8(7)18-9)6(1-12)14-4-16;1-4(2)3/h7H,4-6H2,1-3H3,(H,15,18);2-4,6H,(H,14,16);4H,1-3H3. The highest BCUT2D eigenvalue weighted by atomic mass is 127. The maximum Gasteiger partial charge on any atom is 0.471 e. The van der Waals surface area contributed by atoms with Gasteiger partial charge in [0.15, 0.2) is 4.34 Å². The zero-order chi connectivity index (χ0) is 31.5. The lowest BCUT2D eigenvalue weighted by atomic mass is 9.84. The van der Waals surface area contributed by atoms with E-state index in [1.165, 1.54) is 16.2 Å². The Morgan fingerprint density at radius 3 is 2.41 bits per heavy atom. The highest BCUT2D eigenvalue weighted by Gasteiger charge is 2.41. The topological polar surface area (TPSA) is 128 Å². The summed E-state index contributed by atoms with van der Waals surface area (Å²) < 4.78 is 37.4. The molecule has 0 spiro atoms. The molecular formula is C24H32F3I2N6O3PS2. The fraction of sp³-hybridized carbons (Fsp3) is 0.583. The summed E-state index contributed by atoms with van der Waals surface area (Å²) >= 11 is 7.98. The number of carbonyl (C=O) groups is 3. The van der Waals surface area contributed by atoms with Crippen LogP contribution in [-0.2, 0) is 14.4 Å². The number of halogens is 5. The monoisotopic (exact) mass is 858 g/mol. The summed E-state index contributed by atoms with van der Waals surface area (Å²) in [6.07, 6.45) is -1.14. The van der Waals surface area contributed by atoms with E-state index < -0.39 is 30.6 Å². The zero-order valence-corrected chi connectivity index (χ0v) is 30.1. The Labute approximate surface area is 273 Å². The number of pyridine rings is 1. The molecule has 1 fully saturated rings. The van der Waals surface area contributed by atoms with E-state index in [-0.39, 0.29) is 13.7 Å². The van der Waals surface area contributed by atoms with E-state index in [2.05, 4.69) is 86.2 Å². The van der Waals surface area contributed by atoms with Crippen LogP contribution in [0.25, 0.3) is 10.2 Å². The van der Waals surface area contributed by atoms with Crippen molar-refractivity contribution in [2.75, 3.05) is 19.6 Å². The number of nitriles is 1. The van der Waals surface area contributed by atoms with Gasteiger partial charge in [0.1, 0.15) is 11.6 Å². The number of alkyl halides is 3. The van der Waals surface area contributed by atoms with Gasteiger partial charge in [0, 0.05) is 24.8 Å². The summed E-state index contributed by atoms with van der Waals surface area (Å²) in [6, 6.07) is 1.36. The van der Waals surface area contributed by atoms with Gasteiger partial charge >= 0.3 is 12.1 Å². The van der Waals surface area contributed by atoms with Crippen molar-refractivity contribution in [3.05, 3.63) is 18.0 Å². The van der Waals surface area contributed by atoms with Gasteiger partial charge in [-0.2, -0.15) is 18.4 Å². The summed E-state index contributed by atoms with van der Waals surface area (Å²) in [6.45, 7) is 12.9. The van der Waals surface area contributed by atoms with Crippen LogP contribution in [0.2, 0.25) is 0 Å².